The molecule has 0 saturated heterocycles. The van der Waals surface area contributed by atoms with Crippen molar-refractivity contribution in [2.24, 2.45) is 21.1 Å². The van der Waals surface area contributed by atoms with Crippen LogP contribution in [0.4, 0.5) is 22.7 Å². The van der Waals surface area contributed by atoms with Crippen molar-refractivity contribution >= 4 is 83.6 Å². The van der Waals surface area contributed by atoms with E-state index in [-0.39, 0.29) is 133 Å². The summed E-state index contributed by atoms with van der Waals surface area (Å²) in [5.74, 6) is 1.25. The number of anilines is 4. The molecular weight excluding hydrogens is 1340 g/mol. The van der Waals surface area contributed by atoms with Crippen LogP contribution in [0.25, 0.3) is 44.8 Å². The van der Waals surface area contributed by atoms with Crippen molar-refractivity contribution in [3.05, 3.63) is 223 Å². The minimum absolute atomic E-state index is 0. The Labute approximate surface area is 660 Å². The fourth-order valence-electron chi connectivity index (χ4n) is 11.4. The zero-order valence-corrected chi connectivity index (χ0v) is 68.0. The number of carboxylic acids is 1. The number of carbonyl (C=O) groups is 2. The maximum absolute atomic E-state index is 12.9. The van der Waals surface area contributed by atoms with Crippen LogP contribution in [0.5, 0.6) is 0 Å². The maximum atomic E-state index is 12.9. The molecule has 0 spiro atoms. The van der Waals surface area contributed by atoms with E-state index in [1.165, 1.54) is 72.4 Å². The maximum Gasteiger partial charge on any atom is 1.00 e. The third-order valence-electron chi connectivity index (χ3n) is 14.9. The first kappa shape index (κ1) is 93.1. The van der Waals surface area contributed by atoms with Crippen molar-refractivity contribution in [3.63, 3.8) is 0 Å². The predicted molar refractivity (Wildman–Crippen MR) is 396 cm³/mol. The predicted octanol–water partition coefficient (Wildman–Crippen LogP) is 9.83. The summed E-state index contributed by atoms with van der Waals surface area (Å²) in [6.45, 7) is 28.9. The first-order valence-electron chi connectivity index (χ1n) is 29.6. The molecule has 2 aromatic heterocycles. The number of aliphatic hydroxyl groups excluding tert-OH is 1. The van der Waals surface area contributed by atoms with E-state index in [0.717, 1.165) is 79.2 Å². The van der Waals surface area contributed by atoms with Gasteiger partial charge in [0.05, 0.1) is 59.4 Å². The minimum atomic E-state index is -1.09. The number of nitrogens with zero attached hydrogens (tertiary/aromatic N) is 5. The largest absolute Gasteiger partial charge is 1.00 e. The molecule has 0 radical (unpaired) electrons. The van der Waals surface area contributed by atoms with E-state index < -0.39 is 5.97 Å². The standard InChI is InChI=1S/C18H22N2O.C18H21N2.C17H18N2.C10H12O2.C8H12N2.C2H6BI.CH4O.CH4.2K.3H2O/c1-12-10-13(2)17(14(3)11-12)18(21)20(5)16-9-7-6-8-15(16)19-4;1-12-10-13(2)17(14(3)11-12)18-19(4)15-8-6-7-9-16(15)20(18)5;1-11-9-12(2)16(13(3)10-11)17-18-14-7-5-6-8-15(14)19(17)4;1-6-4-7(2)9(10(11)12)8(3)5-6;1-9-7-5-3-4-6-8(7)10-2;1-3(2)4;1-2;;;;;;/h6-11,19H,1-5H3;6-11H,1-5H3;5-10H,1-4H3;4-5H,1-3H3,(H,11,12);3-6,9-10H,1-2H3;1-2H3;2H,1H3;1H4;;;3*1H2/q;+1;;;;;;;2*+1;;;/p-4. The average molecular weight is 1440 g/mol. The summed E-state index contributed by atoms with van der Waals surface area (Å²) >= 11 is 2.34. The molecular formula is C75H101BIK2N8O7-. The molecule has 496 valence electrons. The summed E-state index contributed by atoms with van der Waals surface area (Å²) in [6, 6.07) is 49.5. The van der Waals surface area contributed by atoms with Gasteiger partial charge in [-0.1, -0.05) is 140 Å². The van der Waals surface area contributed by atoms with Gasteiger partial charge in [-0.05, 0) is 176 Å². The first-order valence-corrected chi connectivity index (χ1v) is 30.9. The number of rotatable bonds is 8. The van der Waals surface area contributed by atoms with Crippen molar-refractivity contribution < 1.29 is 144 Å². The first-order chi connectivity index (χ1) is 41.7. The monoisotopic (exact) mass is 1440 g/mol. The van der Waals surface area contributed by atoms with E-state index in [4.69, 9.17) is 10.1 Å². The number of hydrogen-bond acceptors (Lipinski definition) is 11. The van der Waals surface area contributed by atoms with Crippen molar-refractivity contribution in [2.45, 2.75) is 104 Å². The minimum Gasteiger partial charge on any atom is -0.870 e. The number of aryl methyl sites for hydroxylation is 15. The molecule has 19 heteroatoms. The van der Waals surface area contributed by atoms with Gasteiger partial charge in [-0.2, -0.15) is 22.4 Å². The summed E-state index contributed by atoms with van der Waals surface area (Å²) in [6.07, 6.45) is 0. The third-order valence-corrected chi connectivity index (χ3v) is 14.9. The number of amides is 1. The Morgan fingerprint density at radius 2 is 0.851 bits per heavy atom. The van der Waals surface area contributed by atoms with Gasteiger partial charge in [0.15, 0.2) is 11.0 Å². The molecule has 94 heavy (non-hydrogen) atoms. The molecule has 10 aromatic rings. The van der Waals surface area contributed by atoms with Gasteiger partial charge in [-0.3, -0.25) is 4.79 Å². The number of aromatic nitrogens is 4. The molecule has 8 aromatic carbocycles. The zero-order valence-electron chi connectivity index (χ0n) is 59.6. The number of carboxylic acid groups (broad SMARTS) is 1. The molecule has 2 heterocycles. The van der Waals surface area contributed by atoms with Gasteiger partial charge >= 0.3 is 103 Å². The molecule has 0 atom stereocenters. The number of imidazole rings is 2. The topological polar surface area (TPSA) is 233 Å². The van der Waals surface area contributed by atoms with Gasteiger partial charge < -0.3 is 56.9 Å². The smallest absolute Gasteiger partial charge is 0.870 e. The Hall–Kier alpha value is -5.05. The van der Waals surface area contributed by atoms with Crippen LogP contribution in [0.2, 0.25) is 13.6 Å². The van der Waals surface area contributed by atoms with Crippen LogP contribution < -0.4 is 133 Å². The van der Waals surface area contributed by atoms with Crippen LogP contribution in [0.3, 0.4) is 0 Å². The van der Waals surface area contributed by atoms with Crippen LogP contribution in [0.1, 0.15) is 94.9 Å². The summed E-state index contributed by atoms with van der Waals surface area (Å²) in [5, 5.41) is 26.9. The Morgan fingerprint density at radius 1 is 0.521 bits per heavy atom. The van der Waals surface area contributed by atoms with Gasteiger partial charge in [0.2, 0.25) is 4.57 Å². The van der Waals surface area contributed by atoms with E-state index in [1.54, 1.807) is 18.7 Å². The molecule has 15 nitrogen and oxygen atoms in total. The number of nitrogens with one attached hydrogen (secondary N) is 3. The van der Waals surface area contributed by atoms with Gasteiger partial charge in [0.25, 0.3) is 11.7 Å². The number of aliphatic hydroxyl groups is 1. The van der Waals surface area contributed by atoms with E-state index in [1.807, 2.05) is 123 Å². The van der Waals surface area contributed by atoms with E-state index >= 15 is 0 Å². The van der Waals surface area contributed by atoms with E-state index in [0.29, 0.717) is 5.56 Å². The fraction of sp³-hybridized carbons (Fsp3) is 0.307. The van der Waals surface area contributed by atoms with Crippen LogP contribution in [0, 0.1) is 83.1 Å². The molecule has 0 saturated carbocycles. The average Bonchev–Trinajstić information content (AvgIpc) is 1.64. The Morgan fingerprint density at radius 3 is 1.23 bits per heavy atom. The second kappa shape index (κ2) is 44.7. The fourth-order valence-corrected chi connectivity index (χ4v) is 11.4. The Balaban J connectivity index is -0.00000108. The van der Waals surface area contributed by atoms with Crippen LogP contribution in [-0.2, 0) is 21.1 Å². The third kappa shape index (κ3) is 24.8. The number of hydrogen-bond donors (Lipinski definition) is 4. The zero-order chi connectivity index (χ0) is 65.9. The summed E-state index contributed by atoms with van der Waals surface area (Å²) in [7, 11) is 14.9. The van der Waals surface area contributed by atoms with Crippen LogP contribution >= 0.6 is 22.4 Å². The normalized spacial score (nSPS) is 9.53. The number of fused-ring (bicyclic) bond motifs is 2. The summed E-state index contributed by atoms with van der Waals surface area (Å²) in [4.78, 5) is 30.0. The molecule has 0 aliphatic rings. The number of carbonyl (C=O) groups excluding carboxylic acids is 2. The van der Waals surface area contributed by atoms with Crippen molar-refractivity contribution in [1.29, 1.82) is 0 Å². The molecule has 7 N–H and O–H groups in total. The van der Waals surface area contributed by atoms with E-state index in [2.05, 4.69) is 207 Å². The van der Waals surface area contributed by atoms with Crippen LogP contribution in [-0.4, -0.2) is 87.4 Å². The van der Waals surface area contributed by atoms with Gasteiger partial charge in [0.1, 0.15) is 5.82 Å². The van der Waals surface area contributed by atoms with Crippen molar-refractivity contribution in [3.8, 4) is 22.8 Å². The van der Waals surface area contributed by atoms with Crippen molar-refractivity contribution in [1.82, 2.24) is 14.1 Å². The molecule has 0 aliphatic carbocycles. The Kier molecular flexibility index (Phi) is 44.3. The van der Waals surface area contributed by atoms with Crippen LogP contribution in [0.15, 0.2) is 146 Å². The molecule has 0 unspecified atom stereocenters. The Bertz CT molecular complexity index is 3860. The van der Waals surface area contributed by atoms with Gasteiger partial charge in [-0.15, -0.1) is 0 Å². The number of benzene rings is 8. The van der Waals surface area contributed by atoms with Gasteiger partial charge in [0, 0.05) is 59.0 Å². The second-order valence-corrected chi connectivity index (χ2v) is 25.0. The molecule has 0 bridgehead atoms. The molecule has 0 fully saturated rings. The number of para-hydroxylation sites is 8. The molecule has 0 aliphatic heterocycles. The number of aromatic carboxylic acids is 1. The summed E-state index contributed by atoms with van der Waals surface area (Å²) < 4.78 is 7.57. The number of halogens is 1. The van der Waals surface area contributed by atoms with Crippen molar-refractivity contribution in [2.75, 3.05) is 56.2 Å². The van der Waals surface area contributed by atoms with Gasteiger partial charge in [-0.25, -0.2) is 14.1 Å². The second-order valence-electron chi connectivity index (χ2n) is 22.5. The SMILES string of the molecule is C.CB(C)I.CNc1ccccc1N(C)C(=O)c1c(C)cc(C)cc1C.CNc1ccccc1NC.CO.Cc1cc(C)c(-c2n(C)c3ccccc3[n+]2C)c(C)c1.Cc1cc(C)c(-c2nc3ccccc3n2C)c(C)c1.Cc1cc(C)c(C(=O)[O-])c(C)c1.[K+].[K+].[OH-].[OH-].[OH-]. The molecule has 1 amide bonds. The summed E-state index contributed by atoms with van der Waals surface area (Å²) in [5.41, 5.74) is 26.3. The quantitative estimate of drug-likeness (QED) is 0.0635. The molecule has 10 rings (SSSR count). The van der Waals surface area contributed by atoms with E-state index in [9.17, 15) is 14.7 Å².